The summed E-state index contributed by atoms with van der Waals surface area (Å²) in [5.74, 6) is -2.43. The van der Waals surface area contributed by atoms with E-state index in [1.165, 1.54) is 0 Å². The Hall–Kier alpha value is -1.34. The highest BCUT2D eigenvalue weighted by Gasteiger charge is 2.31. The molecule has 0 spiro atoms. The van der Waals surface area contributed by atoms with Crippen LogP contribution in [0, 0.1) is 0 Å². The number of piperazine rings is 1. The summed E-state index contributed by atoms with van der Waals surface area (Å²) in [5, 5.41) is 3.25. The summed E-state index contributed by atoms with van der Waals surface area (Å²) in [6.07, 6.45) is -0.352. The lowest BCUT2D eigenvalue weighted by Crippen LogP contribution is -2.50. The Morgan fingerprint density at radius 1 is 1.35 bits per heavy atom. The summed E-state index contributed by atoms with van der Waals surface area (Å²) < 4.78 is 30.2. The maximum absolute atomic E-state index is 12.4. The fourth-order valence-corrected chi connectivity index (χ4v) is 2.91. The van der Waals surface area contributed by atoms with Gasteiger partial charge < -0.3 is 10.1 Å². The Morgan fingerprint density at radius 3 is 2.57 bits per heavy atom. The first-order chi connectivity index (χ1) is 10.8. The monoisotopic (exact) mass is 344 g/mol. The third kappa shape index (κ3) is 5.35. The van der Waals surface area contributed by atoms with E-state index in [1.54, 1.807) is 29.2 Å². The fourth-order valence-electron chi connectivity index (χ4n) is 2.41. The molecule has 1 aromatic carbocycles. The summed E-state index contributed by atoms with van der Waals surface area (Å²) in [6.45, 7) is 7.36. The van der Waals surface area contributed by atoms with E-state index in [9.17, 15) is 13.6 Å². The molecule has 1 heterocycles. The highest BCUT2D eigenvalue weighted by atomic mass is 32.2. The number of thioether (sulfide) groups is 1. The molecule has 1 amide bonds. The van der Waals surface area contributed by atoms with Gasteiger partial charge in [0.25, 0.3) is 5.76 Å². The van der Waals surface area contributed by atoms with Crippen molar-refractivity contribution in [2.24, 2.45) is 0 Å². The van der Waals surface area contributed by atoms with Crippen LogP contribution in [0.3, 0.4) is 0 Å². The topological polar surface area (TPSA) is 41.6 Å². The summed E-state index contributed by atoms with van der Waals surface area (Å²) in [5.41, 5.74) is 0.353. The summed E-state index contributed by atoms with van der Waals surface area (Å²) in [6, 6.07) is 6.74. The standard InChI is InChI=1S/C16H22F2N2O2S/c1-16(2,3)22-15(21)20-9-8-19-10-13(20)11-4-6-12(7-5-11)23-14(17)18/h4-7,13-14,19H,8-10H2,1-3H3. The largest absolute Gasteiger partial charge is 0.444 e. The van der Waals surface area contributed by atoms with Crippen molar-refractivity contribution in [1.82, 2.24) is 10.2 Å². The number of ether oxygens (including phenoxy) is 1. The van der Waals surface area contributed by atoms with Crippen molar-refractivity contribution in [2.45, 2.75) is 43.1 Å². The summed E-state index contributed by atoms with van der Waals surface area (Å²) in [7, 11) is 0. The molecule has 1 saturated heterocycles. The van der Waals surface area contributed by atoms with E-state index in [1.807, 2.05) is 20.8 Å². The predicted molar refractivity (Wildman–Crippen MR) is 86.9 cm³/mol. The van der Waals surface area contributed by atoms with Crippen molar-refractivity contribution < 1.29 is 18.3 Å². The lowest BCUT2D eigenvalue weighted by molar-refractivity contribution is 0.0118. The van der Waals surface area contributed by atoms with Gasteiger partial charge in [0.1, 0.15) is 5.60 Å². The second-order valence-corrected chi connectivity index (χ2v) is 7.40. The molecule has 1 fully saturated rings. The zero-order chi connectivity index (χ0) is 17.0. The zero-order valence-corrected chi connectivity index (χ0v) is 14.3. The molecule has 0 radical (unpaired) electrons. The predicted octanol–water partition coefficient (Wildman–Crippen LogP) is 3.88. The van der Waals surface area contributed by atoms with E-state index in [2.05, 4.69) is 5.32 Å². The van der Waals surface area contributed by atoms with Crippen LogP contribution >= 0.6 is 11.8 Å². The second-order valence-electron chi connectivity index (χ2n) is 6.34. The first-order valence-corrected chi connectivity index (χ1v) is 8.39. The normalized spacial score (nSPS) is 19.0. The van der Waals surface area contributed by atoms with Gasteiger partial charge in [-0.15, -0.1) is 0 Å². The van der Waals surface area contributed by atoms with Crippen LogP contribution < -0.4 is 5.32 Å². The number of nitrogens with zero attached hydrogens (tertiary/aromatic N) is 1. The lowest BCUT2D eigenvalue weighted by atomic mass is 10.0. The highest BCUT2D eigenvalue weighted by molar-refractivity contribution is 7.99. The number of halogens is 2. The molecular formula is C16H22F2N2O2S. The number of benzene rings is 1. The molecular weight excluding hydrogens is 322 g/mol. The molecule has 0 saturated carbocycles. The van der Waals surface area contributed by atoms with Crippen LogP contribution in [0.1, 0.15) is 32.4 Å². The van der Waals surface area contributed by atoms with Crippen LogP contribution in [0.25, 0.3) is 0 Å². The van der Waals surface area contributed by atoms with Gasteiger partial charge in [-0.1, -0.05) is 23.9 Å². The average Bonchev–Trinajstić information content (AvgIpc) is 2.46. The van der Waals surface area contributed by atoms with E-state index in [0.717, 1.165) is 5.56 Å². The van der Waals surface area contributed by atoms with Crippen molar-refractivity contribution in [3.05, 3.63) is 29.8 Å². The minimum Gasteiger partial charge on any atom is -0.444 e. The second kappa shape index (κ2) is 7.49. The van der Waals surface area contributed by atoms with Gasteiger partial charge in [-0.2, -0.15) is 8.78 Å². The van der Waals surface area contributed by atoms with Crippen LogP contribution in [0.4, 0.5) is 13.6 Å². The Labute approximate surface area is 139 Å². The van der Waals surface area contributed by atoms with E-state index < -0.39 is 11.4 Å². The molecule has 1 aliphatic heterocycles. The minimum absolute atomic E-state index is 0.163. The average molecular weight is 344 g/mol. The minimum atomic E-state index is -2.43. The van der Waals surface area contributed by atoms with Crippen molar-refractivity contribution in [3.63, 3.8) is 0 Å². The van der Waals surface area contributed by atoms with Gasteiger partial charge >= 0.3 is 6.09 Å². The number of carbonyl (C=O) groups excluding carboxylic acids is 1. The Bertz CT molecular complexity index is 532. The Morgan fingerprint density at radius 2 is 2.00 bits per heavy atom. The van der Waals surface area contributed by atoms with Crippen molar-refractivity contribution in [1.29, 1.82) is 0 Å². The number of alkyl halides is 2. The molecule has 1 unspecified atom stereocenters. The van der Waals surface area contributed by atoms with Gasteiger partial charge in [-0.05, 0) is 38.5 Å². The Balaban J connectivity index is 2.13. The first kappa shape index (κ1) is 18.0. The van der Waals surface area contributed by atoms with Crippen molar-refractivity contribution >= 4 is 17.9 Å². The molecule has 1 N–H and O–H groups in total. The molecule has 1 atom stereocenters. The van der Waals surface area contributed by atoms with Gasteiger partial charge in [0.05, 0.1) is 6.04 Å². The number of rotatable bonds is 3. The number of amides is 1. The zero-order valence-electron chi connectivity index (χ0n) is 13.5. The molecule has 0 aliphatic carbocycles. The molecule has 2 rings (SSSR count). The third-order valence-corrected chi connectivity index (χ3v) is 4.08. The molecule has 23 heavy (non-hydrogen) atoms. The molecule has 1 aromatic rings. The van der Waals surface area contributed by atoms with Crippen molar-refractivity contribution in [3.8, 4) is 0 Å². The third-order valence-electron chi connectivity index (χ3n) is 3.36. The fraction of sp³-hybridized carbons (Fsp3) is 0.562. The van der Waals surface area contributed by atoms with Crippen LogP contribution in [0.15, 0.2) is 29.2 Å². The molecule has 128 valence electrons. The van der Waals surface area contributed by atoms with Crippen LogP contribution in [-0.2, 0) is 4.74 Å². The van der Waals surface area contributed by atoms with Gasteiger partial charge in [0.2, 0.25) is 0 Å². The summed E-state index contributed by atoms with van der Waals surface area (Å²) >= 11 is 0.515. The number of nitrogens with one attached hydrogen (secondary N) is 1. The lowest BCUT2D eigenvalue weighted by Gasteiger charge is -2.37. The highest BCUT2D eigenvalue weighted by Crippen LogP contribution is 2.29. The number of carbonyl (C=O) groups is 1. The van der Waals surface area contributed by atoms with E-state index in [0.29, 0.717) is 36.3 Å². The maximum atomic E-state index is 12.4. The van der Waals surface area contributed by atoms with Gasteiger partial charge in [-0.3, -0.25) is 4.90 Å². The van der Waals surface area contributed by atoms with Crippen LogP contribution in [0.5, 0.6) is 0 Å². The number of hydrogen-bond acceptors (Lipinski definition) is 4. The van der Waals surface area contributed by atoms with Gasteiger partial charge in [0.15, 0.2) is 0 Å². The van der Waals surface area contributed by atoms with E-state index in [4.69, 9.17) is 4.74 Å². The molecule has 0 bridgehead atoms. The van der Waals surface area contributed by atoms with Crippen LogP contribution in [0.2, 0.25) is 0 Å². The molecule has 0 aromatic heterocycles. The molecule has 1 aliphatic rings. The van der Waals surface area contributed by atoms with Crippen LogP contribution in [-0.4, -0.2) is 42.0 Å². The quantitative estimate of drug-likeness (QED) is 0.845. The van der Waals surface area contributed by atoms with E-state index >= 15 is 0 Å². The summed E-state index contributed by atoms with van der Waals surface area (Å²) in [4.78, 5) is 14.6. The smallest absolute Gasteiger partial charge is 0.410 e. The number of hydrogen-bond donors (Lipinski definition) is 1. The molecule has 4 nitrogen and oxygen atoms in total. The first-order valence-electron chi connectivity index (χ1n) is 7.51. The maximum Gasteiger partial charge on any atom is 0.410 e. The Kier molecular flexibility index (Phi) is 5.86. The van der Waals surface area contributed by atoms with Gasteiger partial charge in [0, 0.05) is 24.5 Å². The molecule has 7 heteroatoms. The van der Waals surface area contributed by atoms with Gasteiger partial charge in [-0.25, -0.2) is 4.79 Å². The SMILES string of the molecule is CC(C)(C)OC(=O)N1CCNCC1c1ccc(SC(F)F)cc1. The van der Waals surface area contributed by atoms with Crippen molar-refractivity contribution in [2.75, 3.05) is 19.6 Å². The van der Waals surface area contributed by atoms with E-state index in [-0.39, 0.29) is 12.1 Å².